The van der Waals surface area contributed by atoms with Crippen molar-refractivity contribution in [1.29, 1.82) is 0 Å². The van der Waals surface area contributed by atoms with Crippen molar-refractivity contribution >= 4 is 24.1 Å². The minimum absolute atomic E-state index is 0.109. The first kappa shape index (κ1) is 15.4. The number of rotatable bonds is 5. The highest BCUT2D eigenvalue weighted by Crippen LogP contribution is 2.19. The lowest BCUT2D eigenvalue weighted by Gasteiger charge is -2.18. The third kappa shape index (κ3) is 3.43. The highest BCUT2D eigenvalue weighted by molar-refractivity contribution is 7.85. The van der Waals surface area contributed by atoms with E-state index in [1.807, 2.05) is 6.92 Å². The molecule has 1 aromatic carbocycles. The molecule has 0 aliphatic rings. The van der Waals surface area contributed by atoms with E-state index in [0.29, 0.717) is 0 Å². The van der Waals surface area contributed by atoms with Crippen LogP contribution in [0.15, 0.2) is 17.0 Å². The van der Waals surface area contributed by atoms with Gasteiger partial charge in [-0.2, -0.15) is 8.42 Å². The van der Waals surface area contributed by atoms with Gasteiger partial charge in [-0.15, -0.1) is 0 Å². The summed E-state index contributed by atoms with van der Waals surface area (Å²) in [5.41, 5.74) is 2.00. The second-order valence-corrected chi connectivity index (χ2v) is 9.28. The molecule has 0 aliphatic heterocycles. The Bertz CT molecular complexity index is 521. The average molecular weight is 286 g/mol. The zero-order chi connectivity index (χ0) is 13.9. The summed E-state index contributed by atoms with van der Waals surface area (Å²) in [6.45, 7) is 8.47. The number of aryl methyl sites for hydroxylation is 1. The Morgan fingerprint density at radius 1 is 1.28 bits per heavy atom. The minimum atomic E-state index is -4.11. The van der Waals surface area contributed by atoms with Crippen molar-refractivity contribution in [3.63, 3.8) is 0 Å². The van der Waals surface area contributed by atoms with Crippen molar-refractivity contribution in [3.8, 4) is 0 Å². The lowest BCUT2D eigenvalue weighted by Crippen LogP contribution is -2.31. The summed E-state index contributed by atoms with van der Waals surface area (Å²) >= 11 is 0. The van der Waals surface area contributed by atoms with E-state index in [-0.39, 0.29) is 4.90 Å². The molecule has 18 heavy (non-hydrogen) atoms. The highest BCUT2D eigenvalue weighted by atomic mass is 32.2. The van der Waals surface area contributed by atoms with Crippen LogP contribution in [0.25, 0.3) is 0 Å². The Kier molecular flexibility index (Phi) is 5.13. The molecular formula is C13H22O3SSi. The standard InChI is InChI=1S/C13H22O3SSi/c1-5-6-7-11-12(17(14,15)16)9-8-10(2)13(11)18(3)4/h8-9,18H,5-7H2,1-4H3,(H,14,15,16). The third-order valence-corrected chi connectivity index (χ3v) is 6.06. The first-order chi connectivity index (χ1) is 8.29. The van der Waals surface area contributed by atoms with E-state index in [1.54, 1.807) is 6.07 Å². The predicted octanol–water partition coefficient (Wildman–Crippen LogP) is 2.28. The number of benzene rings is 1. The van der Waals surface area contributed by atoms with Crippen molar-refractivity contribution in [3.05, 3.63) is 23.3 Å². The van der Waals surface area contributed by atoms with Gasteiger partial charge in [-0.1, -0.05) is 43.3 Å². The van der Waals surface area contributed by atoms with Crippen molar-refractivity contribution < 1.29 is 13.0 Å². The molecule has 3 nitrogen and oxygen atoms in total. The molecule has 0 heterocycles. The monoisotopic (exact) mass is 286 g/mol. The van der Waals surface area contributed by atoms with Crippen molar-refractivity contribution in [2.24, 2.45) is 0 Å². The molecule has 102 valence electrons. The first-order valence-electron chi connectivity index (χ1n) is 6.38. The molecule has 0 spiro atoms. The van der Waals surface area contributed by atoms with Gasteiger partial charge in [-0.3, -0.25) is 4.55 Å². The summed E-state index contributed by atoms with van der Waals surface area (Å²) in [4.78, 5) is 0.109. The van der Waals surface area contributed by atoms with Crippen LogP contribution >= 0.6 is 0 Å². The third-order valence-electron chi connectivity index (χ3n) is 3.17. The molecule has 0 aliphatic carbocycles. The van der Waals surface area contributed by atoms with Gasteiger partial charge >= 0.3 is 0 Å². The van der Waals surface area contributed by atoms with Gasteiger partial charge in [0.25, 0.3) is 10.1 Å². The Labute approximate surface area is 112 Å². The van der Waals surface area contributed by atoms with Gasteiger partial charge in [0.15, 0.2) is 0 Å². The molecule has 0 radical (unpaired) electrons. The first-order valence-corrected chi connectivity index (χ1v) is 10.7. The fourth-order valence-electron chi connectivity index (χ4n) is 2.42. The molecule has 0 bridgehead atoms. The Hall–Kier alpha value is -0.653. The molecule has 0 saturated carbocycles. The predicted molar refractivity (Wildman–Crippen MR) is 78.1 cm³/mol. The van der Waals surface area contributed by atoms with Crippen LogP contribution in [0.3, 0.4) is 0 Å². The van der Waals surface area contributed by atoms with Gasteiger partial charge in [0, 0.05) is 0 Å². The summed E-state index contributed by atoms with van der Waals surface area (Å²) in [6, 6.07) is 3.34. The fraction of sp³-hybridized carbons (Fsp3) is 0.538. The lowest BCUT2D eigenvalue weighted by atomic mass is 10.1. The van der Waals surface area contributed by atoms with Crippen LogP contribution in [-0.2, 0) is 16.5 Å². The van der Waals surface area contributed by atoms with Crippen molar-refractivity contribution in [2.75, 3.05) is 0 Å². The van der Waals surface area contributed by atoms with Gasteiger partial charge in [0.1, 0.15) is 0 Å². The molecule has 0 amide bonds. The van der Waals surface area contributed by atoms with Gasteiger partial charge in [0.05, 0.1) is 13.7 Å². The molecule has 0 saturated heterocycles. The molecule has 1 N–H and O–H groups in total. The van der Waals surface area contributed by atoms with Crippen LogP contribution < -0.4 is 5.19 Å². The summed E-state index contributed by atoms with van der Waals surface area (Å²) in [7, 11) is -5.24. The summed E-state index contributed by atoms with van der Waals surface area (Å²) in [5, 5.41) is 1.19. The van der Waals surface area contributed by atoms with E-state index in [1.165, 1.54) is 11.3 Å². The van der Waals surface area contributed by atoms with Gasteiger partial charge in [-0.05, 0) is 31.4 Å². The van der Waals surface area contributed by atoms with Crippen LogP contribution in [0.2, 0.25) is 13.1 Å². The van der Waals surface area contributed by atoms with Crippen molar-refractivity contribution in [2.45, 2.75) is 51.1 Å². The quantitative estimate of drug-likeness (QED) is 0.667. The molecule has 1 rings (SSSR count). The summed E-state index contributed by atoms with van der Waals surface area (Å²) < 4.78 is 32.3. The van der Waals surface area contributed by atoms with E-state index >= 15 is 0 Å². The SMILES string of the molecule is CCCCc1c(S(=O)(=O)O)ccc(C)c1[SiH](C)C. The number of hydrogen-bond acceptors (Lipinski definition) is 2. The van der Waals surface area contributed by atoms with Gasteiger partial charge in [0.2, 0.25) is 0 Å². The second kappa shape index (κ2) is 5.99. The highest BCUT2D eigenvalue weighted by Gasteiger charge is 2.21. The Morgan fingerprint density at radius 2 is 1.89 bits per heavy atom. The van der Waals surface area contributed by atoms with Gasteiger partial charge in [-0.25, -0.2) is 0 Å². The minimum Gasteiger partial charge on any atom is -0.282 e. The molecule has 0 fully saturated rings. The van der Waals surface area contributed by atoms with Crippen LogP contribution in [0.5, 0.6) is 0 Å². The molecule has 5 heteroatoms. The Morgan fingerprint density at radius 3 is 2.33 bits per heavy atom. The second-order valence-electron chi connectivity index (χ2n) is 5.01. The molecule has 0 atom stereocenters. The summed E-state index contributed by atoms with van der Waals surface area (Å²) in [5.74, 6) is 0. The summed E-state index contributed by atoms with van der Waals surface area (Å²) in [6.07, 6.45) is 2.69. The topological polar surface area (TPSA) is 54.4 Å². The van der Waals surface area contributed by atoms with E-state index in [0.717, 1.165) is 30.4 Å². The van der Waals surface area contributed by atoms with Crippen LogP contribution in [-0.4, -0.2) is 21.8 Å². The zero-order valence-electron chi connectivity index (χ0n) is 11.5. The average Bonchev–Trinajstić information content (AvgIpc) is 2.23. The number of unbranched alkanes of at least 4 members (excludes halogenated alkanes) is 1. The van der Waals surface area contributed by atoms with E-state index in [4.69, 9.17) is 0 Å². The molecule has 0 unspecified atom stereocenters. The maximum atomic E-state index is 11.5. The van der Waals surface area contributed by atoms with Crippen LogP contribution in [0.4, 0.5) is 0 Å². The van der Waals surface area contributed by atoms with Crippen LogP contribution in [0.1, 0.15) is 30.9 Å². The van der Waals surface area contributed by atoms with E-state index in [9.17, 15) is 13.0 Å². The molecular weight excluding hydrogens is 264 g/mol. The normalized spacial score (nSPS) is 12.1. The maximum Gasteiger partial charge on any atom is 0.294 e. The Balaban J connectivity index is 3.49. The van der Waals surface area contributed by atoms with E-state index in [2.05, 4.69) is 20.0 Å². The zero-order valence-corrected chi connectivity index (χ0v) is 13.5. The largest absolute Gasteiger partial charge is 0.294 e. The smallest absolute Gasteiger partial charge is 0.282 e. The van der Waals surface area contributed by atoms with Crippen molar-refractivity contribution in [1.82, 2.24) is 0 Å². The fourth-order valence-corrected chi connectivity index (χ4v) is 5.29. The van der Waals surface area contributed by atoms with E-state index < -0.39 is 18.9 Å². The molecule has 1 aromatic rings. The lowest BCUT2D eigenvalue weighted by molar-refractivity contribution is 0.482. The molecule has 0 aromatic heterocycles. The number of hydrogen-bond donors (Lipinski definition) is 1. The van der Waals surface area contributed by atoms with Crippen LogP contribution in [0, 0.1) is 6.92 Å². The maximum absolute atomic E-state index is 11.5. The van der Waals surface area contributed by atoms with Gasteiger partial charge < -0.3 is 0 Å².